The molecule has 0 saturated carbocycles. The Morgan fingerprint density at radius 3 is 2.35 bits per heavy atom. The van der Waals surface area contributed by atoms with Gasteiger partial charge in [-0.25, -0.2) is 4.98 Å². The Kier molecular flexibility index (Phi) is 6.58. The van der Waals surface area contributed by atoms with Gasteiger partial charge in [0.15, 0.2) is 12.4 Å². The molecule has 9 heteroatoms. The maximum atomic E-state index is 13.0. The minimum absolute atomic E-state index is 0.0148. The first-order chi connectivity index (χ1) is 14.9. The lowest BCUT2D eigenvalue weighted by Crippen LogP contribution is -2.22. The summed E-state index contributed by atoms with van der Waals surface area (Å²) in [5, 5.41) is 1.51. The van der Waals surface area contributed by atoms with Crippen LogP contribution in [0.15, 0.2) is 60.7 Å². The van der Waals surface area contributed by atoms with Crippen molar-refractivity contribution in [2.75, 3.05) is 6.61 Å². The van der Waals surface area contributed by atoms with Crippen molar-refractivity contribution in [3.63, 3.8) is 0 Å². The minimum Gasteiger partial charge on any atom is -0.484 e. The predicted octanol–water partition coefficient (Wildman–Crippen LogP) is 6.95. The molecule has 0 fully saturated rings. The number of ether oxygens (including phenoxy) is 2. The van der Waals surface area contributed by atoms with Crippen molar-refractivity contribution in [1.29, 1.82) is 0 Å². The number of fused-ring (bicyclic) bond motifs is 1. The SMILES string of the molecule is O=C(COc1ccc(Cl)cc1)n1c(COc2cc(Cl)c(Cl)cc2Cl)nc2ccccc21. The van der Waals surface area contributed by atoms with Crippen LogP contribution in [0.5, 0.6) is 11.5 Å². The van der Waals surface area contributed by atoms with Gasteiger partial charge in [-0.2, -0.15) is 0 Å². The van der Waals surface area contributed by atoms with Gasteiger partial charge in [0.25, 0.3) is 5.91 Å². The Morgan fingerprint density at radius 2 is 1.58 bits per heavy atom. The average molecular weight is 496 g/mol. The van der Waals surface area contributed by atoms with Gasteiger partial charge >= 0.3 is 0 Å². The van der Waals surface area contributed by atoms with Gasteiger partial charge in [0.05, 0.1) is 26.1 Å². The van der Waals surface area contributed by atoms with E-state index < -0.39 is 0 Å². The van der Waals surface area contributed by atoms with Crippen molar-refractivity contribution in [2.24, 2.45) is 0 Å². The normalized spacial score (nSPS) is 11.0. The second-order valence-electron chi connectivity index (χ2n) is 6.47. The Bertz CT molecular complexity index is 1260. The monoisotopic (exact) mass is 494 g/mol. The topological polar surface area (TPSA) is 53.4 Å². The highest BCUT2D eigenvalue weighted by Gasteiger charge is 2.18. The van der Waals surface area contributed by atoms with Crippen LogP contribution >= 0.6 is 46.4 Å². The highest BCUT2D eigenvalue weighted by atomic mass is 35.5. The molecule has 1 heterocycles. The van der Waals surface area contributed by atoms with Gasteiger partial charge < -0.3 is 9.47 Å². The lowest BCUT2D eigenvalue weighted by atomic mass is 10.3. The summed E-state index contributed by atoms with van der Waals surface area (Å²) < 4.78 is 12.9. The van der Waals surface area contributed by atoms with Crippen molar-refractivity contribution < 1.29 is 14.3 Å². The Labute approximate surface area is 198 Å². The molecule has 3 aromatic carbocycles. The summed E-state index contributed by atoms with van der Waals surface area (Å²) >= 11 is 24.1. The molecule has 31 heavy (non-hydrogen) atoms. The zero-order valence-electron chi connectivity index (χ0n) is 15.8. The lowest BCUT2D eigenvalue weighted by molar-refractivity contribution is 0.0834. The van der Waals surface area contributed by atoms with E-state index in [0.29, 0.717) is 48.4 Å². The molecule has 0 N–H and O–H groups in total. The Balaban J connectivity index is 1.59. The molecule has 0 saturated heterocycles. The van der Waals surface area contributed by atoms with Gasteiger partial charge in [-0.05, 0) is 42.5 Å². The predicted molar refractivity (Wildman–Crippen MR) is 123 cm³/mol. The molecule has 0 amide bonds. The van der Waals surface area contributed by atoms with Crippen molar-refractivity contribution in [2.45, 2.75) is 6.61 Å². The van der Waals surface area contributed by atoms with Crippen LogP contribution in [0, 0.1) is 0 Å². The standard InChI is InChI=1S/C22H14Cl4N2O3/c23-13-5-7-14(8-6-13)30-12-22(29)28-19-4-2-1-3-18(19)27-21(28)11-31-20-10-16(25)15(24)9-17(20)26/h1-10H,11-12H2. The number of imidazole rings is 1. The summed E-state index contributed by atoms with van der Waals surface area (Å²) in [7, 11) is 0. The van der Waals surface area contributed by atoms with E-state index in [2.05, 4.69) is 4.98 Å². The fourth-order valence-corrected chi connectivity index (χ4v) is 3.67. The van der Waals surface area contributed by atoms with E-state index in [1.54, 1.807) is 30.3 Å². The number of hydrogen-bond donors (Lipinski definition) is 0. The second kappa shape index (κ2) is 9.37. The van der Waals surface area contributed by atoms with E-state index >= 15 is 0 Å². The van der Waals surface area contributed by atoms with Gasteiger partial charge in [-0.3, -0.25) is 9.36 Å². The van der Waals surface area contributed by atoms with Gasteiger partial charge in [-0.1, -0.05) is 58.5 Å². The number of carbonyl (C=O) groups excluding carboxylic acids is 1. The van der Waals surface area contributed by atoms with E-state index in [9.17, 15) is 4.79 Å². The smallest absolute Gasteiger partial charge is 0.270 e. The second-order valence-corrected chi connectivity index (χ2v) is 8.13. The van der Waals surface area contributed by atoms with Crippen molar-refractivity contribution in [1.82, 2.24) is 9.55 Å². The molecule has 0 bridgehead atoms. The minimum atomic E-state index is -0.303. The molecule has 158 valence electrons. The number of hydrogen-bond acceptors (Lipinski definition) is 4. The third-order valence-corrected chi connectivity index (χ3v) is 5.66. The van der Waals surface area contributed by atoms with Gasteiger partial charge in [0, 0.05) is 11.1 Å². The highest BCUT2D eigenvalue weighted by molar-refractivity contribution is 6.43. The van der Waals surface area contributed by atoms with E-state index in [0.717, 1.165) is 0 Å². The molecule has 4 aromatic rings. The van der Waals surface area contributed by atoms with Gasteiger partial charge in [0.2, 0.25) is 0 Å². The summed E-state index contributed by atoms with van der Waals surface area (Å²) in [6.45, 7) is -0.207. The van der Waals surface area contributed by atoms with Crippen LogP contribution in [-0.2, 0) is 6.61 Å². The van der Waals surface area contributed by atoms with Crippen LogP contribution in [0.25, 0.3) is 11.0 Å². The molecule has 0 aliphatic rings. The fourth-order valence-electron chi connectivity index (χ4n) is 2.95. The van der Waals surface area contributed by atoms with Crippen LogP contribution in [0.3, 0.4) is 0 Å². The number of halogens is 4. The van der Waals surface area contributed by atoms with Crippen LogP contribution < -0.4 is 9.47 Å². The van der Waals surface area contributed by atoms with Crippen molar-refractivity contribution >= 4 is 63.3 Å². The molecule has 5 nitrogen and oxygen atoms in total. The molecule has 0 radical (unpaired) electrons. The van der Waals surface area contributed by atoms with E-state index in [4.69, 9.17) is 55.9 Å². The maximum Gasteiger partial charge on any atom is 0.270 e. The first-order valence-corrected chi connectivity index (χ1v) is 10.6. The molecular weight excluding hydrogens is 482 g/mol. The third-order valence-electron chi connectivity index (χ3n) is 4.39. The van der Waals surface area contributed by atoms with Crippen LogP contribution in [0.4, 0.5) is 0 Å². The number of aromatic nitrogens is 2. The summed E-state index contributed by atoms with van der Waals surface area (Å²) in [6, 6.07) is 17.1. The van der Waals surface area contributed by atoms with Crippen molar-refractivity contribution in [3.05, 3.63) is 86.6 Å². The summed E-state index contributed by atoms with van der Waals surface area (Å²) in [4.78, 5) is 17.5. The maximum absolute atomic E-state index is 13.0. The van der Waals surface area contributed by atoms with Gasteiger partial charge in [-0.15, -0.1) is 0 Å². The zero-order chi connectivity index (χ0) is 22.0. The molecule has 0 aliphatic carbocycles. The fraction of sp³-hybridized carbons (Fsp3) is 0.0909. The van der Waals surface area contributed by atoms with Crippen LogP contribution in [-0.4, -0.2) is 22.1 Å². The Morgan fingerprint density at radius 1 is 0.871 bits per heavy atom. The summed E-state index contributed by atoms with van der Waals surface area (Å²) in [6.07, 6.45) is 0. The Hall–Kier alpha value is -2.44. The number of rotatable bonds is 6. The lowest BCUT2D eigenvalue weighted by Gasteiger charge is -2.12. The largest absolute Gasteiger partial charge is 0.484 e. The van der Waals surface area contributed by atoms with Crippen LogP contribution in [0.2, 0.25) is 20.1 Å². The molecule has 0 atom stereocenters. The average Bonchev–Trinajstić information content (AvgIpc) is 3.13. The molecule has 0 aliphatic heterocycles. The van der Waals surface area contributed by atoms with E-state index in [1.165, 1.54) is 16.7 Å². The first-order valence-electron chi connectivity index (χ1n) is 9.07. The van der Waals surface area contributed by atoms with Crippen LogP contribution in [0.1, 0.15) is 10.6 Å². The van der Waals surface area contributed by atoms with E-state index in [1.807, 2.05) is 18.2 Å². The third kappa shape index (κ3) is 4.91. The highest BCUT2D eigenvalue weighted by Crippen LogP contribution is 2.34. The molecule has 4 rings (SSSR count). The number of benzene rings is 3. The summed E-state index contributed by atoms with van der Waals surface area (Å²) in [5.74, 6) is 0.956. The molecule has 0 unspecified atom stereocenters. The molecule has 1 aromatic heterocycles. The first kappa shape index (κ1) is 21.8. The quantitative estimate of drug-likeness (QED) is 0.271. The number of nitrogens with zero attached hydrogens (tertiary/aromatic N) is 2. The zero-order valence-corrected chi connectivity index (χ0v) is 18.8. The molecular formula is C22H14Cl4N2O3. The van der Waals surface area contributed by atoms with Crippen molar-refractivity contribution in [3.8, 4) is 11.5 Å². The summed E-state index contributed by atoms with van der Waals surface area (Å²) in [5.41, 5.74) is 1.30. The molecule has 0 spiro atoms. The number of carbonyl (C=O) groups is 1. The number of para-hydroxylation sites is 2. The van der Waals surface area contributed by atoms with Gasteiger partial charge in [0.1, 0.15) is 18.1 Å². The van der Waals surface area contributed by atoms with E-state index in [-0.39, 0.29) is 19.1 Å².